The molecule has 22 heavy (non-hydrogen) atoms. The van der Waals surface area contributed by atoms with Gasteiger partial charge in [0.05, 0.1) is 17.5 Å². The van der Waals surface area contributed by atoms with E-state index in [-0.39, 0.29) is 11.1 Å². The summed E-state index contributed by atoms with van der Waals surface area (Å²) in [5.41, 5.74) is 1.06. The van der Waals surface area contributed by atoms with E-state index in [0.29, 0.717) is 18.0 Å². The van der Waals surface area contributed by atoms with Crippen LogP contribution in [-0.2, 0) is 14.4 Å². The maximum absolute atomic E-state index is 12.5. The highest BCUT2D eigenvalue weighted by Gasteiger charge is 2.46. The van der Waals surface area contributed by atoms with E-state index < -0.39 is 18.3 Å². The average Bonchev–Trinajstić information content (AvgIpc) is 3.16. The second-order valence-electron chi connectivity index (χ2n) is 7.61. The Kier molecular flexibility index (Phi) is 4.61. The molecule has 0 amide bonds. The van der Waals surface area contributed by atoms with E-state index in [1.165, 1.54) is 4.31 Å². The molecule has 1 unspecified atom stereocenters. The zero-order valence-electron chi connectivity index (χ0n) is 14.4. The minimum Gasteiger partial charge on any atom is -0.415 e. The van der Waals surface area contributed by atoms with Crippen molar-refractivity contribution in [3.05, 3.63) is 29.8 Å². The van der Waals surface area contributed by atoms with E-state index in [1.807, 2.05) is 19.1 Å². The van der Waals surface area contributed by atoms with E-state index in [9.17, 15) is 8.42 Å². The van der Waals surface area contributed by atoms with Gasteiger partial charge in [0, 0.05) is 6.54 Å². The second-order valence-corrected chi connectivity index (χ2v) is 14.3. The van der Waals surface area contributed by atoms with Crippen LogP contribution in [0.1, 0.15) is 26.3 Å². The third-order valence-electron chi connectivity index (χ3n) is 4.73. The number of sulfonamides is 1. The van der Waals surface area contributed by atoms with E-state index in [1.54, 1.807) is 12.1 Å². The lowest BCUT2D eigenvalue weighted by Crippen LogP contribution is -2.42. The minimum absolute atomic E-state index is 0.0135. The van der Waals surface area contributed by atoms with E-state index in [4.69, 9.17) is 4.43 Å². The Labute approximate surface area is 135 Å². The highest BCUT2D eigenvalue weighted by Crippen LogP contribution is 2.38. The van der Waals surface area contributed by atoms with Gasteiger partial charge in [-0.1, -0.05) is 38.5 Å². The molecule has 0 spiro atoms. The Morgan fingerprint density at radius 3 is 2.27 bits per heavy atom. The first kappa shape index (κ1) is 17.7. The predicted molar refractivity (Wildman–Crippen MR) is 92.0 cm³/mol. The molecule has 0 N–H and O–H groups in total. The summed E-state index contributed by atoms with van der Waals surface area (Å²) in [6.45, 7) is 13.9. The number of nitrogens with zero attached hydrogens (tertiary/aromatic N) is 1. The molecule has 1 aliphatic heterocycles. The quantitative estimate of drug-likeness (QED) is 0.609. The number of hydrogen-bond donors (Lipinski definition) is 0. The molecule has 0 aliphatic carbocycles. The first-order valence-corrected chi connectivity index (χ1v) is 12.0. The number of hydrogen-bond acceptors (Lipinski definition) is 3. The third kappa shape index (κ3) is 3.62. The lowest BCUT2D eigenvalue weighted by molar-refractivity contribution is 0.281. The Bertz CT molecular complexity index is 632. The maximum atomic E-state index is 12.5. The third-order valence-corrected chi connectivity index (χ3v) is 11.2. The van der Waals surface area contributed by atoms with Gasteiger partial charge < -0.3 is 4.43 Å². The molecule has 1 aliphatic rings. The molecule has 2 atom stereocenters. The molecular formula is C16H27NO3SSi. The van der Waals surface area contributed by atoms with Crippen molar-refractivity contribution in [2.45, 2.75) is 56.8 Å². The normalized spacial score (nSPS) is 22.6. The van der Waals surface area contributed by atoms with Gasteiger partial charge in [0.25, 0.3) is 0 Å². The van der Waals surface area contributed by atoms with Crippen LogP contribution in [0.5, 0.6) is 0 Å². The Morgan fingerprint density at radius 1 is 1.23 bits per heavy atom. The van der Waals surface area contributed by atoms with Crippen LogP contribution in [0.15, 0.2) is 29.2 Å². The summed E-state index contributed by atoms with van der Waals surface area (Å²) in [5.74, 6) is 0. The molecule has 2 rings (SSSR count). The van der Waals surface area contributed by atoms with Gasteiger partial charge in [-0.15, -0.1) is 0 Å². The van der Waals surface area contributed by atoms with Gasteiger partial charge in [0.1, 0.15) is 0 Å². The van der Waals surface area contributed by atoms with Crippen LogP contribution in [0.3, 0.4) is 0 Å². The van der Waals surface area contributed by atoms with Crippen molar-refractivity contribution in [2.24, 2.45) is 0 Å². The lowest BCUT2D eigenvalue weighted by Gasteiger charge is -2.36. The standard InChI is InChI=1S/C16H27NO3SSi/c1-13-7-9-15(10-8-13)21(18,19)17-11-14(17)12-20-22(5,6)16(2,3)4/h7-10,14H,11-12H2,1-6H3/t14-,17?/m1/s1. The van der Waals surface area contributed by atoms with Crippen LogP contribution < -0.4 is 0 Å². The molecule has 124 valence electrons. The van der Waals surface area contributed by atoms with E-state index >= 15 is 0 Å². The molecular weight excluding hydrogens is 314 g/mol. The van der Waals surface area contributed by atoms with Crippen LogP contribution in [-0.4, -0.2) is 40.2 Å². The van der Waals surface area contributed by atoms with Gasteiger partial charge in [-0.3, -0.25) is 0 Å². The number of aryl methyl sites for hydroxylation is 1. The molecule has 1 aromatic rings. The van der Waals surface area contributed by atoms with E-state index in [2.05, 4.69) is 33.9 Å². The summed E-state index contributed by atoms with van der Waals surface area (Å²) in [6, 6.07) is 7.00. The van der Waals surface area contributed by atoms with Gasteiger partial charge in [-0.25, -0.2) is 8.42 Å². The summed E-state index contributed by atoms with van der Waals surface area (Å²) in [7, 11) is -5.19. The molecule has 0 radical (unpaired) electrons. The van der Waals surface area contributed by atoms with Crippen LogP contribution in [0.2, 0.25) is 18.1 Å². The molecule has 1 saturated heterocycles. The first-order chi connectivity index (χ1) is 9.95. The highest BCUT2D eigenvalue weighted by atomic mass is 32.2. The van der Waals surface area contributed by atoms with Crippen LogP contribution in [0, 0.1) is 6.92 Å². The summed E-state index contributed by atoms with van der Waals surface area (Å²) in [5, 5.41) is 0.141. The molecule has 1 aromatic carbocycles. The van der Waals surface area contributed by atoms with Crippen LogP contribution >= 0.6 is 0 Å². The number of benzene rings is 1. The highest BCUT2D eigenvalue weighted by molar-refractivity contribution is 7.89. The molecule has 0 aromatic heterocycles. The van der Waals surface area contributed by atoms with Crippen molar-refractivity contribution >= 4 is 18.3 Å². The first-order valence-electron chi connectivity index (χ1n) is 7.68. The zero-order valence-corrected chi connectivity index (χ0v) is 16.2. The zero-order chi connectivity index (χ0) is 16.8. The largest absolute Gasteiger partial charge is 0.415 e. The summed E-state index contributed by atoms with van der Waals surface area (Å²) in [4.78, 5) is 0.368. The Morgan fingerprint density at radius 2 is 1.77 bits per heavy atom. The van der Waals surface area contributed by atoms with Crippen molar-refractivity contribution in [1.82, 2.24) is 4.31 Å². The molecule has 4 nitrogen and oxygen atoms in total. The Balaban J connectivity index is 1.99. The van der Waals surface area contributed by atoms with Crippen molar-refractivity contribution in [2.75, 3.05) is 13.2 Å². The maximum Gasteiger partial charge on any atom is 0.243 e. The van der Waals surface area contributed by atoms with Gasteiger partial charge >= 0.3 is 0 Å². The van der Waals surface area contributed by atoms with Crippen LogP contribution in [0.25, 0.3) is 0 Å². The van der Waals surface area contributed by atoms with Crippen molar-refractivity contribution < 1.29 is 12.8 Å². The molecule has 0 bridgehead atoms. The summed E-state index contributed by atoms with van der Waals surface area (Å²) >= 11 is 0. The van der Waals surface area contributed by atoms with Crippen molar-refractivity contribution in [3.63, 3.8) is 0 Å². The number of rotatable bonds is 5. The fourth-order valence-corrected chi connectivity index (χ4v) is 4.57. The van der Waals surface area contributed by atoms with Crippen LogP contribution in [0.4, 0.5) is 0 Å². The van der Waals surface area contributed by atoms with E-state index in [0.717, 1.165) is 5.56 Å². The average molecular weight is 342 g/mol. The fourth-order valence-electron chi connectivity index (χ4n) is 1.96. The Hall–Kier alpha value is -0.693. The van der Waals surface area contributed by atoms with Gasteiger partial charge in [-0.2, -0.15) is 4.31 Å². The minimum atomic E-state index is -3.37. The fraction of sp³-hybridized carbons (Fsp3) is 0.625. The topological polar surface area (TPSA) is 46.4 Å². The van der Waals surface area contributed by atoms with Crippen molar-refractivity contribution in [3.8, 4) is 0 Å². The van der Waals surface area contributed by atoms with Crippen molar-refractivity contribution in [1.29, 1.82) is 0 Å². The monoisotopic (exact) mass is 341 g/mol. The van der Waals surface area contributed by atoms with Gasteiger partial charge in [0.15, 0.2) is 8.32 Å². The second kappa shape index (κ2) is 5.74. The van der Waals surface area contributed by atoms with Gasteiger partial charge in [-0.05, 0) is 37.2 Å². The smallest absolute Gasteiger partial charge is 0.243 e. The SMILES string of the molecule is Cc1ccc(S(=O)(=O)N2C[C@@H]2CO[Si](C)(C)C(C)(C)C)cc1. The molecule has 1 fully saturated rings. The summed E-state index contributed by atoms with van der Waals surface area (Å²) < 4.78 is 32.7. The van der Waals surface area contributed by atoms with Gasteiger partial charge in [0.2, 0.25) is 10.0 Å². The molecule has 6 heteroatoms. The predicted octanol–water partition coefficient (Wildman–Crippen LogP) is 3.39. The molecule has 1 heterocycles. The summed E-state index contributed by atoms with van der Waals surface area (Å²) in [6.07, 6.45) is 0. The molecule has 0 saturated carbocycles. The lowest BCUT2D eigenvalue weighted by atomic mass is 10.2.